The van der Waals surface area contributed by atoms with Crippen molar-refractivity contribution in [3.63, 3.8) is 0 Å². The number of aliphatic hydroxyl groups is 4. The molecular formula is C42H77N5O10S. The average molecular weight is 844 g/mol. The predicted molar refractivity (Wildman–Crippen MR) is 226 cm³/mol. The minimum atomic E-state index is -1.62. The molecule has 16 heteroatoms. The largest absolute Gasteiger partial charge is 0.462 e. The van der Waals surface area contributed by atoms with E-state index in [0.717, 1.165) is 38.5 Å². The summed E-state index contributed by atoms with van der Waals surface area (Å²) in [7, 11) is 0. The first-order chi connectivity index (χ1) is 28.0. The molecule has 1 saturated heterocycles. The van der Waals surface area contributed by atoms with Crippen LogP contribution in [0.25, 0.3) is 0 Å². The number of nitrogens with zero attached hydrogens (tertiary/aromatic N) is 3. The molecule has 0 spiro atoms. The molecule has 336 valence electrons. The van der Waals surface area contributed by atoms with Crippen LogP contribution in [0.5, 0.6) is 0 Å². The van der Waals surface area contributed by atoms with Crippen molar-refractivity contribution in [2.24, 2.45) is 5.73 Å². The van der Waals surface area contributed by atoms with Gasteiger partial charge in [-0.25, -0.2) is 4.68 Å². The number of ether oxygens (including phenoxy) is 3. The summed E-state index contributed by atoms with van der Waals surface area (Å²) in [5.41, 5.74) is 6.16. The number of nitrogens with one attached hydrogen (secondary N) is 1. The third-order valence-electron chi connectivity index (χ3n) is 10.5. The maximum atomic E-state index is 12.8. The summed E-state index contributed by atoms with van der Waals surface area (Å²) in [6, 6.07) is -0.956. The highest BCUT2D eigenvalue weighted by atomic mass is 32.2. The van der Waals surface area contributed by atoms with Crippen molar-refractivity contribution < 1.29 is 49.0 Å². The van der Waals surface area contributed by atoms with Crippen LogP contribution in [0.1, 0.15) is 168 Å². The van der Waals surface area contributed by atoms with Crippen LogP contribution in [0.3, 0.4) is 0 Å². The van der Waals surface area contributed by atoms with Crippen molar-refractivity contribution in [2.45, 2.75) is 217 Å². The lowest BCUT2D eigenvalue weighted by Gasteiger charge is -2.20. The van der Waals surface area contributed by atoms with E-state index in [9.17, 15) is 34.8 Å². The second kappa shape index (κ2) is 32.4. The second-order valence-corrected chi connectivity index (χ2v) is 16.9. The quantitative estimate of drug-likeness (QED) is 0.0340. The van der Waals surface area contributed by atoms with Gasteiger partial charge in [0.2, 0.25) is 5.91 Å². The Morgan fingerprint density at radius 2 is 1.28 bits per heavy atom. The summed E-state index contributed by atoms with van der Waals surface area (Å²) in [4.78, 5) is 38.2. The number of hydrogen-bond acceptors (Lipinski definition) is 14. The van der Waals surface area contributed by atoms with Gasteiger partial charge in [-0.3, -0.25) is 14.4 Å². The van der Waals surface area contributed by atoms with Gasteiger partial charge in [-0.2, -0.15) is 11.8 Å². The smallest absolute Gasteiger partial charge is 0.306 e. The fraction of sp³-hybridized carbons (Fsp3) is 0.881. The molecule has 0 aliphatic carbocycles. The minimum Gasteiger partial charge on any atom is -0.462 e. The number of thioether (sulfide) groups is 1. The van der Waals surface area contributed by atoms with Gasteiger partial charge >= 0.3 is 11.9 Å². The second-order valence-electron chi connectivity index (χ2n) is 15.9. The third kappa shape index (κ3) is 23.4. The van der Waals surface area contributed by atoms with E-state index < -0.39 is 48.8 Å². The number of aromatic nitrogens is 3. The molecule has 7 atom stereocenters. The number of anilines is 1. The molecule has 0 aromatic carbocycles. The molecule has 2 unspecified atom stereocenters. The molecule has 58 heavy (non-hydrogen) atoms. The fourth-order valence-electron chi connectivity index (χ4n) is 6.85. The lowest BCUT2D eigenvalue weighted by atomic mass is 10.1. The van der Waals surface area contributed by atoms with Gasteiger partial charge in [0.25, 0.3) is 0 Å². The summed E-state index contributed by atoms with van der Waals surface area (Å²) in [5, 5.41) is 49.9. The van der Waals surface area contributed by atoms with E-state index in [1.54, 1.807) is 0 Å². The predicted octanol–water partition coefficient (Wildman–Crippen LogP) is 5.93. The number of unbranched alkanes of at least 4 members (excludes halogenated alkanes) is 20. The summed E-state index contributed by atoms with van der Waals surface area (Å²) in [5.74, 6) is -0.650. The Hall–Kier alpha value is -2.34. The van der Waals surface area contributed by atoms with Crippen LogP contribution < -0.4 is 11.1 Å². The lowest BCUT2D eigenvalue weighted by Crippen LogP contribution is -2.40. The molecule has 1 aliphatic heterocycles. The molecule has 0 saturated carbocycles. The number of carbonyl (C=O) groups is 3. The maximum Gasteiger partial charge on any atom is 0.306 e. The molecule has 0 radical (unpaired) electrons. The van der Waals surface area contributed by atoms with Crippen molar-refractivity contribution in [1.29, 1.82) is 0 Å². The highest BCUT2D eigenvalue weighted by Gasteiger charge is 2.45. The topological polar surface area (TPSA) is 229 Å². The summed E-state index contributed by atoms with van der Waals surface area (Å²) < 4.78 is 17.5. The molecule has 1 aromatic heterocycles. The molecule has 1 fully saturated rings. The van der Waals surface area contributed by atoms with Crippen LogP contribution in [0.2, 0.25) is 0 Å². The monoisotopic (exact) mass is 844 g/mol. The van der Waals surface area contributed by atoms with Gasteiger partial charge < -0.3 is 45.7 Å². The van der Waals surface area contributed by atoms with Gasteiger partial charge in [0.1, 0.15) is 37.1 Å². The zero-order chi connectivity index (χ0) is 42.4. The first-order valence-corrected chi connectivity index (χ1v) is 23.5. The minimum absolute atomic E-state index is 0.0644. The zero-order valence-electron chi connectivity index (χ0n) is 35.5. The Labute approximate surface area is 351 Å². The van der Waals surface area contributed by atoms with Crippen LogP contribution in [0.4, 0.5) is 5.82 Å². The molecule has 15 nitrogen and oxygen atoms in total. The fourth-order valence-corrected chi connectivity index (χ4v) is 7.82. The number of aliphatic hydroxyl groups excluding tert-OH is 4. The molecule has 2 heterocycles. The van der Waals surface area contributed by atoms with Crippen molar-refractivity contribution in [3.8, 4) is 0 Å². The third-order valence-corrected chi connectivity index (χ3v) is 11.7. The summed E-state index contributed by atoms with van der Waals surface area (Å²) in [6.45, 7) is 4.20. The molecule has 1 aliphatic rings. The SMILES string of the molecule is CCCCCCCCCCCCCC(=O)OC[C@H](CSC[C@@H](N)C(=O)Nc1cn(C[C@H](O)C2OC(O)[C@@H](O)[C@@H]2O)nn1)OC(=O)CCCCCCCCCCCCC. The van der Waals surface area contributed by atoms with Crippen molar-refractivity contribution >= 4 is 35.4 Å². The van der Waals surface area contributed by atoms with E-state index in [1.807, 2.05) is 0 Å². The van der Waals surface area contributed by atoms with E-state index in [-0.39, 0.29) is 42.4 Å². The molecular weight excluding hydrogens is 767 g/mol. The van der Waals surface area contributed by atoms with Crippen molar-refractivity contribution in [3.05, 3.63) is 6.20 Å². The Morgan fingerprint density at radius 3 is 1.78 bits per heavy atom. The van der Waals surface area contributed by atoms with Gasteiger partial charge in [-0.05, 0) is 12.8 Å². The summed E-state index contributed by atoms with van der Waals surface area (Å²) in [6.07, 6.45) is 20.1. The van der Waals surface area contributed by atoms with E-state index in [1.165, 1.54) is 125 Å². The van der Waals surface area contributed by atoms with E-state index >= 15 is 0 Å². The van der Waals surface area contributed by atoms with Crippen LogP contribution in [-0.4, -0.2) is 114 Å². The van der Waals surface area contributed by atoms with E-state index in [0.29, 0.717) is 12.8 Å². The number of amides is 1. The van der Waals surface area contributed by atoms with Crippen LogP contribution in [0.15, 0.2) is 6.20 Å². The molecule has 0 bridgehead atoms. The van der Waals surface area contributed by atoms with Crippen molar-refractivity contribution in [2.75, 3.05) is 23.4 Å². The molecule has 1 aromatic rings. The number of nitrogens with two attached hydrogens (primary N) is 1. The highest BCUT2D eigenvalue weighted by molar-refractivity contribution is 7.99. The lowest BCUT2D eigenvalue weighted by molar-refractivity contribution is -0.157. The van der Waals surface area contributed by atoms with E-state index in [4.69, 9.17) is 19.9 Å². The molecule has 2 rings (SSSR count). The molecule has 7 N–H and O–H groups in total. The first-order valence-electron chi connectivity index (χ1n) is 22.3. The van der Waals surface area contributed by atoms with Crippen LogP contribution in [-0.2, 0) is 35.1 Å². The number of hydrogen-bond donors (Lipinski definition) is 6. The van der Waals surface area contributed by atoms with Gasteiger partial charge in [0.05, 0.1) is 18.8 Å². The number of carbonyl (C=O) groups excluding carboxylic acids is 3. The Balaban J connectivity index is 1.74. The summed E-state index contributed by atoms with van der Waals surface area (Å²) >= 11 is 1.30. The molecule has 1 amide bonds. The normalized spacial score (nSPS) is 19.5. The Kier molecular flexibility index (Phi) is 29.0. The van der Waals surface area contributed by atoms with Crippen LogP contribution in [0, 0.1) is 0 Å². The Bertz CT molecular complexity index is 1230. The van der Waals surface area contributed by atoms with Gasteiger partial charge in [-0.15, -0.1) is 5.10 Å². The van der Waals surface area contributed by atoms with Crippen molar-refractivity contribution in [1.82, 2.24) is 15.0 Å². The van der Waals surface area contributed by atoms with Gasteiger partial charge in [0.15, 0.2) is 12.1 Å². The zero-order valence-corrected chi connectivity index (χ0v) is 36.3. The van der Waals surface area contributed by atoms with Gasteiger partial charge in [-0.1, -0.05) is 147 Å². The average Bonchev–Trinajstić information content (AvgIpc) is 3.75. The Morgan fingerprint density at radius 1 is 0.776 bits per heavy atom. The first kappa shape index (κ1) is 51.8. The number of esters is 2. The standard InChI is InChI=1S/C42H77N5O10S/c1-3-5-7-9-11-13-15-17-19-21-23-25-36(49)55-29-32(56-37(50)26-24-22-20-18-16-14-12-10-8-6-4-2)30-58-31-33(43)41(53)44-35-28-47(46-45-35)27-34(48)40-38(51)39(52)42(54)57-40/h28,32-34,38-40,42,48,51-52,54H,3-27,29-31,43H2,1-2H3,(H,44,53)/t32-,33-,34+,38+,39+,40?,42?/m1/s1. The van der Waals surface area contributed by atoms with Gasteiger partial charge in [0, 0.05) is 24.3 Å². The van der Waals surface area contributed by atoms with Crippen LogP contribution >= 0.6 is 11.8 Å². The maximum absolute atomic E-state index is 12.8. The highest BCUT2D eigenvalue weighted by Crippen LogP contribution is 2.23. The number of rotatable bonds is 36. The van der Waals surface area contributed by atoms with E-state index in [2.05, 4.69) is 29.5 Å².